The molecule has 5 nitrogen and oxygen atoms in total. The van der Waals surface area contributed by atoms with E-state index in [9.17, 15) is 4.79 Å². The van der Waals surface area contributed by atoms with E-state index in [2.05, 4.69) is 10.4 Å². The van der Waals surface area contributed by atoms with E-state index in [4.69, 9.17) is 5.73 Å². The van der Waals surface area contributed by atoms with Crippen LogP contribution < -0.4 is 11.1 Å². The molecule has 2 aromatic rings. The lowest BCUT2D eigenvalue weighted by Gasteiger charge is -2.14. The summed E-state index contributed by atoms with van der Waals surface area (Å²) in [5.74, 6) is 0.0651. The van der Waals surface area contributed by atoms with E-state index in [1.807, 2.05) is 36.5 Å². The van der Waals surface area contributed by atoms with Gasteiger partial charge in [-0.3, -0.25) is 4.79 Å². The zero-order valence-corrected chi connectivity index (χ0v) is 11.2. The topological polar surface area (TPSA) is 72.9 Å². The van der Waals surface area contributed by atoms with Crippen molar-refractivity contribution >= 4 is 5.91 Å². The van der Waals surface area contributed by atoms with Crippen LogP contribution in [0.15, 0.2) is 42.7 Å². The highest BCUT2D eigenvalue weighted by molar-refractivity contribution is 5.85. The minimum Gasteiger partial charge on any atom is -0.351 e. The Balaban J connectivity index is 1.74. The van der Waals surface area contributed by atoms with E-state index in [1.165, 1.54) is 0 Å². The van der Waals surface area contributed by atoms with Gasteiger partial charge in [-0.15, -0.1) is 0 Å². The highest BCUT2D eigenvalue weighted by Crippen LogP contribution is 2.44. The second-order valence-corrected chi connectivity index (χ2v) is 5.25. The van der Waals surface area contributed by atoms with Crippen molar-refractivity contribution in [2.75, 3.05) is 6.54 Å². The smallest absolute Gasteiger partial charge is 0.227 e. The molecular formula is C15H18N4O. The Morgan fingerprint density at radius 3 is 2.80 bits per heavy atom. The van der Waals surface area contributed by atoms with Gasteiger partial charge in [0.05, 0.1) is 11.1 Å². The first-order valence-electron chi connectivity index (χ1n) is 6.81. The highest BCUT2D eigenvalue weighted by atomic mass is 16.2. The number of aromatic nitrogens is 2. The van der Waals surface area contributed by atoms with Crippen LogP contribution in [0.25, 0.3) is 5.69 Å². The molecule has 0 saturated heterocycles. The van der Waals surface area contributed by atoms with E-state index in [-0.39, 0.29) is 11.3 Å². The largest absolute Gasteiger partial charge is 0.351 e. The van der Waals surface area contributed by atoms with Crippen molar-refractivity contribution in [3.05, 3.63) is 48.3 Å². The molecule has 1 aromatic heterocycles. The van der Waals surface area contributed by atoms with Gasteiger partial charge in [0.1, 0.15) is 0 Å². The number of rotatable bonds is 5. The third kappa shape index (κ3) is 2.32. The van der Waals surface area contributed by atoms with E-state index in [0.717, 1.165) is 24.1 Å². The van der Waals surface area contributed by atoms with E-state index in [0.29, 0.717) is 13.1 Å². The normalized spacial score (nSPS) is 15.8. The van der Waals surface area contributed by atoms with Gasteiger partial charge in [0.2, 0.25) is 5.91 Å². The van der Waals surface area contributed by atoms with E-state index < -0.39 is 0 Å². The van der Waals surface area contributed by atoms with Crippen molar-refractivity contribution in [1.29, 1.82) is 0 Å². The molecule has 0 radical (unpaired) electrons. The molecule has 1 aliphatic carbocycles. The van der Waals surface area contributed by atoms with Gasteiger partial charge in [0, 0.05) is 25.5 Å². The summed E-state index contributed by atoms with van der Waals surface area (Å²) in [6.45, 7) is 0.927. The first-order chi connectivity index (χ1) is 9.75. The average Bonchev–Trinajstić information content (AvgIpc) is 3.11. The van der Waals surface area contributed by atoms with Crippen molar-refractivity contribution in [2.45, 2.75) is 19.4 Å². The molecule has 1 aromatic carbocycles. The van der Waals surface area contributed by atoms with Crippen LogP contribution in [0.5, 0.6) is 0 Å². The third-order valence-electron chi connectivity index (χ3n) is 3.91. The number of hydrogen-bond donors (Lipinski definition) is 2. The van der Waals surface area contributed by atoms with Crippen LogP contribution in [0.1, 0.15) is 18.4 Å². The fourth-order valence-electron chi connectivity index (χ4n) is 2.33. The summed E-state index contributed by atoms with van der Waals surface area (Å²) in [5.41, 5.74) is 7.39. The fraction of sp³-hybridized carbons (Fsp3) is 0.333. The number of para-hydroxylation sites is 1. The van der Waals surface area contributed by atoms with Crippen molar-refractivity contribution in [1.82, 2.24) is 15.1 Å². The molecule has 1 saturated carbocycles. The summed E-state index contributed by atoms with van der Waals surface area (Å²) in [7, 11) is 0. The fourth-order valence-corrected chi connectivity index (χ4v) is 2.33. The summed E-state index contributed by atoms with van der Waals surface area (Å²) < 4.78 is 1.80. The molecule has 1 aliphatic rings. The number of amides is 1. The molecule has 3 N–H and O–H groups in total. The lowest BCUT2D eigenvalue weighted by molar-refractivity contribution is -0.126. The Kier molecular flexibility index (Phi) is 3.28. The molecule has 0 bridgehead atoms. The maximum absolute atomic E-state index is 12.1. The number of benzene rings is 1. The van der Waals surface area contributed by atoms with Gasteiger partial charge in [0.25, 0.3) is 0 Å². The standard InChI is InChI=1S/C15H18N4O/c16-11-15(6-7-15)14(20)17-10-12-4-1-2-5-13(12)19-9-3-8-18-19/h1-5,8-9H,6-7,10-11,16H2,(H,17,20). The Bertz CT molecular complexity index is 602. The lowest BCUT2D eigenvalue weighted by Crippen LogP contribution is -2.36. The summed E-state index contributed by atoms with van der Waals surface area (Å²) in [4.78, 5) is 12.1. The van der Waals surface area contributed by atoms with Gasteiger partial charge in [0.15, 0.2) is 0 Å². The third-order valence-corrected chi connectivity index (χ3v) is 3.91. The molecule has 0 unspecified atom stereocenters. The summed E-state index contributed by atoms with van der Waals surface area (Å²) in [5, 5.41) is 7.23. The Morgan fingerprint density at radius 1 is 1.35 bits per heavy atom. The SMILES string of the molecule is NCC1(C(=O)NCc2ccccc2-n2cccn2)CC1. The number of nitrogens with two attached hydrogens (primary N) is 1. The molecule has 104 valence electrons. The molecule has 1 amide bonds. The predicted molar refractivity (Wildman–Crippen MR) is 76.1 cm³/mol. The predicted octanol–water partition coefficient (Wildman–Crippen LogP) is 1.23. The van der Waals surface area contributed by atoms with Crippen LogP contribution in [0, 0.1) is 5.41 Å². The Labute approximate surface area is 117 Å². The van der Waals surface area contributed by atoms with Gasteiger partial charge < -0.3 is 11.1 Å². The second kappa shape index (κ2) is 5.09. The van der Waals surface area contributed by atoms with Crippen LogP contribution in [0.3, 0.4) is 0 Å². The van der Waals surface area contributed by atoms with Gasteiger partial charge >= 0.3 is 0 Å². The van der Waals surface area contributed by atoms with Crippen LogP contribution >= 0.6 is 0 Å². The molecule has 20 heavy (non-hydrogen) atoms. The Hall–Kier alpha value is -2.14. The van der Waals surface area contributed by atoms with Gasteiger partial charge in [-0.05, 0) is 30.5 Å². The molecule has 5 heteroatoms. The Morgan fingerprint density at radius 2 is 2.15 bits per heavy atom. The first-order valence-corrected chi connectivity index (χ1v) is 6.81. The first kappa shape index (κ1) is 12.9. The van der Waals surface area contributed by atoms with Gasteiger partial charge in [-0.1, -0.05) is 18.2 Å². The molecule has 0 spiro atoms. The second-order valence-electron chi connectivity index (χ2n) is 5.25. The number of carbonyl (C=O) groups excluding carboxylic acids is 1. The monoisotopic (exact) mass is 270 g/mol. The van der Waals surface area contributed by atoms with E-state index >= 15 is 0 Å². The van der Waals surface area contributed by atoms with Gasteiger partial charge in [-0.2, -0.15) is 5.10 Å². The summed E-state index contributed by atoms with van der Waals surface area (Å²) in [6.07, 6.45) is 5.43. The lowest BCUT2D eigenvalue weighted by atomic mass is 10.1. The average molecular weight is 270 g/mol. The molecule has 0 atom stereocenters. The van der Waals surface area contributed by atoms with E-state index in [1.54, 1.807) is 10.9 Å². The quantitative estimate of drug-likeness (QED) is 0.858. The van der Waals surface area contributed by atoms with Crippen LogP contribution in [0.4, 0.5) is 0 Å². The minimum absolute atomic E-state index is 0.0651. The maximum atomic E-state index is 12.1. The minimum atomic E-state index is -0.305. The zero-order chi connectivity index (χ0) is 14.0. The van der Waals surface area contributed by atoms with Crippen molar-refractivity contribution in [2.24, 2.45) is 11.1 Å². The van der Waals surface area contributed by atoms with Crippen LogP contribution in [-0.2, 0) is 11.3 Å². The number of carbonyl (C=O) groups is 1. The molecular weight excluding hydrogens is 252 g/mol. The van der Waals surface area contributed by atoms with Crippen molar-refractivity contribution in [3.8, 4) is 5.69 Å². The number of nitrogens with one attached hydrogen (secondary N) is 1. The summed E-state index contributed by atoms with van der Waals surface area (Å²) in [6, 6.07) is 9.79. The number of hydrogen-bond acceptors (Lipinski definition) is 3. The van der Waals surface area contributed by atoms with Crippen molar-refractivity contribution in [3.63, 3.8) is 0 Å². The zero-order valence-electron chi connectivity index (χ0n) is 11.2. The van der Waals surface area contributed by atoms with Crippen molar-refractivity contribution < 1.29 is 4.79 Å². The highest BCUT2D eigenvalue weighted by Gasteiger charge is 2.48. The number of nitrogens with zero attached hydrogens (tertiary/aromatic N) is 2. The summed E-state index contributed by atoms with van der Waals surface area (Å²) >= 11 is 0. The molecule has 0 aliphatic heterocycles. The van der Waals surface area contributed by atoms with Gasteiger partial charge in [-0.25, -0.2) is 4.68 Å². The van der Waals surface area contributed by atoms with Crippen LogP contribution in [-0.4, -0.2) is 22.2 Å². The molecule has 3 rings (SSSR count). The maximum Gasteiger partial charge on any atom is 0.227 e. The molecule has 1 heterocycles. The molecule has 1 fully saturated rings. The van der Waals surface area contributed by atoms with Crippen LogP contribution in [0.2, 0.25) is 0 Å².